The first kappa shape index (κ1) is 23.6. The highest BCUT2D eigenvalue weighted by molar-refractivity contribution is 6.14. The fraction of sp³-hybridized carbons (Fsp3) is 0.625. The third-order valence-electron chi connectivity index (χ3n) is 7.52. The Bertz CT molecular complexity index is 1010. The fourth-order valence-electron chi connectivity index (χ4n) is 5.69. The number of rotatable bonds is 3. The monoisotopic (exact) mass is 466 g/mol. The molecule has 1 saturated carbocycles. The predicted molar refractivity (Wildman–Crippen MR) is 113 cm³/mol. The number of Topliss-reactive ketones (excluding diaryl/α,β-unsaturated/α-hetero) is 1. The summed E-state index contributed by atoms with van der Waals surface area (Å²) in [5.41, 5.74) is -4.57. The molecule has 180 valence electrons. The summed E-state index contributed by atoms with van der Waals surface area (Å²) < 4.78 is 49.5. The molecule has 0 aromatic carbocycles. The summed E-state index contributed by atoms with van der Waals surface area (Å²) in [6.07, 6.45) is -1.82. The molecular weight excluding hydrogens is 437 g/mol. The number of furan rings is 1. The third kappa shape index (κ3) is 3.60. The second-order valence-electron chi connectivity index (χ2n) is 10.5. The number of ketones is 1. The van der Waals surface area contributed by atoms with E-state index in [0.29, 0.717) is 6.42 Å². The second-order valence-corrected chi connectivity index (χ2v) is 10.5. The number of carbonyl (C=O) groups is 3. The summed E-state index contributed by atoms with van der Waals surface area (Å²) in [5.74, 6) is -3.45. The van der Waals surface area contributed by atoms with Gasteiger partial charge in [0, 0.05) is 18.2 Å². The number of carbonyl (C=O) groups excluding carboxylic acids is 3. The van der Waals surface area contributed by atoms with Crippen LogP contribution in [0.2, 0.25) is 0 Å². The minimum absolute atomic E-state index is 0.0543. The maximum atomic E-state index is 14.8. The highest BCUT2D eigenvalue weighted by Gasteiger charge is 2.72. The Kier molecular flexibility index (Phi) is 5.53. The zero-order chi connectivity index (χ0) is 24.3. The van der Waals surface area contributed by atoms with Crippen molar-refractivity contribution in [3.8, 4) is 0 Å². The van der Waals surface area contributed by atoms with Gasteiger partial charge in [-0.05, 0) is 42.2 Å². The number of nitrogens with zero attached hydrogens (tertiary/aromatic N) is 1. The summed E-state index contributed by atoms with van der Waals surface area (Å²) >= 11 is 0. The van der Waals surface area contributed by atoms with Crippen molar-refractivity contribution in [2.24, 2.45) is 17.3 Å². The number of alkyl halides is 3. The van der Waals surface area contributed by atoms with E-state index in [9.17, 15) is 27.6 Å². The average Bonchev–Trinajstić information content (AvgIpc) is 3.30. The molecule has 1 aromatic rings. The van der Waals surface area contributed by atoms with Crippen LogP contribution in [0.15, 0.2) is 34.1 Å². The molecule has 6 nitrogen and oxygen atoms in total. The number of amides is 2. The molecule has 33 heavy (non-hydrogen) atoms. The molecule has 2 heterocycles. The fourth-order valence-corrected chi connectivity index (χ4v) is 5.69. The number of hydrogen-bond acceptors (Lipinski definition) is 4. The summed E-state index contributed by atoms with van der Waals surface area (Å²) in [7, 11) is 0. The second kappa shape index (κ2) is 7.74. The molecule has 1 aromatic heterocycles. The van der Waals surface area contributed by atoms with Crippen LogP contribution in [0.25, 0.3) is 0 Å². The molecule has 0 radical (unpaired) electrons. The van der Waals surface area contributed by atoms with Gasteiger partial charge in [0.25, 0.3) is 11.8 Å². The van der Waals surface area contributed by atoms with Gasteiger partial charge in [0.15, 0.2) is 11.5 Å². The van der Waals surface area contributed by atoms with E-state index in [1.54, 1.807) is 13.8 Å². The third-order valence-corrected chi connectivity index (χ3v) is 7.52. The van der Waals surface area contributed by atoms with Crippen LogP contribution < -0.4 is 5.32 Å². The number of allylic oxidation sites excluding steroid dienone is 1. The van der Waals surface area contributed by atoms with E-state index in [0.717, 1.165) is 19.1 Å². The lowest BCUT2D eigenvalue weighted by Gasteiger charge is -2.43. The number of halogens is 3. The van der Waals surface area contributed by atoms with Crippen LogP contribution in [0, 0.1) is 17.3 Å². The Morgan fingerprint density at radius 1 is 1.18 bits per heavy atom. The molecule has 1 fully saturated rings. The molecule has 1 N–H and O–H groups in total. The molecule has 2 aliphatic carbocycles. The highest BCUT2D eigenvalue weighted by atomic mass is 19.4. The Morgan fingerprint density at radius 2 is 1.88 bits per heavy atom. The van der Waals surface area contributed by atoms with Gasteiger partial charge in [0.1, 0.15) is 0 Å². The first-order chi connectivity index (χ1) is 15.3. The number of hydrogen-bond donors (Lipinski definition) is 1. The highest BCUT2D eigenvalue weighted by Crippen LogP contribution is 2.53. The van der Waals surface area contributed by atoms with Gasteiger partial charge in [-0.3, -0.25) is 14.4 Å². The summed E-state index contributed by atoms with van der Waals surface area (Å²) in [4.78, 5) is 41.0. The van der Waals surface area contributed by atoms with E-state index in [4.69, 9.17) is 4.42 Å². The van der Waals surface area contributed by atoms with Gasteiger partial charge >= 0.3 is 6.18 Å². The van der Waals surface area contributed by atoms with Crippen LogP contribution in [0.5, 0.6) is 0 Å². The van der Waals surface area contributed by atoms with E-state index in [-0.39, 0.29) is 36.1 Å². The molecule has 3 aliphatic rings. The normalized spacial score (nSPS) is 32.2. The van der Waals surface area contributed by atoms with Crippen molar-refractivity contribution in [2.45, 2.75) is 77.6 Å². The Morgan fingerprint density at radius 3 is 2.48 bits per heavy atom. The van der Waals surface area contributed by atoms with Crippen molar-refractivity contribution in [3.05, 3.63) is 35.4 Å². The predicted octanol–water partition coefficient (Wildman–Crippen LogP) is 4.62. The van der Waals surface area contributed by atoms with Crippen LogP contribution in [0.3, 0.4) is 0 Å². The first-order valence-electron chi connectivity index (χ1n) is 11.3. The molecule has 0 saturated heterocycles. The summed E-state index contributed by atoms with van der Waals surface area (Å²) in [6, 6.07) is 2.10. The van der Waals surface area contributed by atoms with Crippen LogP contribution in [0.4, 0.5) is 13.2 Å². The zero-order valence-electron chi connectivity index (χ0n) is 19.2. The lowest BCUT2D eigenvalue weighted by Crippen LogP contribution is -2.67. The van der Waals surface area contributed by atoms with Crippen LogP contribution in [0.1, 0.15) is 70.4 Å². The molecule has 0 bridgehead atoms. The van der Waals surface area contributed by atoms with Crippen molar-refractivity contribution in [3.63, 3.8) is 0 Å². The van der Waals surface area contributed by atoms with E-state index >= 15 is 0 Å². The standard InChI is InChI=1S/C24H29F3N2O4/c1-13-7-5-8-15(14(13)2)29-16-11-22(3,4)12-17(30)19(16)23(21(29)32,24(25,26)27)28-20(31)18-9-6-10-33-18/h6,9-10,13-15H,5,7-8,11-12H2,1-4H3,(H,28,31)/t13-,14-,15+,23+/m1/s1. The van der Waals surface area contributed by atoms with E-state index in [1.165, 1.54) is 17.0 Å². The van der Waals surface area contributed by atoms with Crippen molar-refractivity contribution >= 4 is 17.6 Å². The molecule has 2 amide bonds. The Hall–Kier alpha value is -2.58. The van der Waals surface area contributed by atoms with Gasteiger partial charge in [-0.2, -0.15) is 13.2 Å². The summed E-state index contributed by atoms with van der Waals surface area (Å²) in [6.45, 7) is 7.57. The average molecular weight is 467 g/mol. The molecular formula is C24H29F3N2O4. The minimum atomic E-state index is -5.22. The van der Waals surface area contributed by atoms with Gasteiger partial charge in [-0.25, -0.2) is 0 Å². The maximum absolute atomic E-state index is 14.8. The zero-order valence-corrected chi connectivity index (χ0v) is 19.2. The molecule has 1 aliphatic heterocycles. The van der Waals surface area contributed by atoms with Gasteiger partial charge < -0.3 is 14.6 Å². The quantitative estimate of drug-likeness (QED) is 0.705. The van der Waals surface area contributed by atoms with Crippen molar-refractivity contribution in [1.29, 1.82) is 0 Å². The molecule has 0 unspecified atom stereocenters. The van der Waals surface area contributed by atoms with Crippen molar-refractivity contribution in [1.82, 2.24) is 10.2 Å². The lowest BCUT2D eigenvalue weighted by molar-refractivity contribution is -0.192. The van der Waals surface area contributed by atoms with Gasteiger partial charge in [-0.15, -0.1) is 0 Å². The number of nitrogens with one attached hydrogen (secondary N) is 1. The van der Waals surface area contributed by atoms with Crippen molar-refractivity contribution in [2.75, 3.05) is 0 Å². The van der Waals surface area contributed by atoms with E-state index in [1.807, 2.05) is 19.2 Å². The van der Waals surface area contributed by atoms with Crippen LogP contribution in [-0.2, 0) is 9.59 Å². The van der Waals surface area contributed by atoms with Crippen molar-refractivity contribution < 1.29 is 32.0 Å². The van der Waals surface area contributed by atoms with Gasteiger partial charge in [0.2, 0.25) is 5.54 Å². The Balaban J connectivity index is 1.91. The molecule has 0 spiro atoms. The topological polar surface area (TPSA) is 79.6 Å². The van der Waals surface area contributed by atoms with E-state index in [2.05, 4.69) is 0 Å². The SMILES string of the molecule is C[C@@H]1[C@H](C)CCC[C@@H]1N1C(=O)[C@](NC(=O)c2ccco2)(C(F)(F)F)C2=C1CC(C)(C)CC2=O. The Labute approximate surface area is 190 Å². The molecule has 9 heteroatoms. The van der Waals surface area contributed by atoms with Crippen LogP contribution >= 0.6 is 0 Å². The van der Waals surface area contributed by atoms with Gasteiger partial charge in [0.05, 0.1) is 11.8 Å². The lowest BCUT2D eigenvalue weighted by atomic mass is 9.72. The maximum Gasteiger partial charge on any atom is 0.425 e. The molecule has 4 atom stereocenters. The smallest absolute Gasteiger partial charge is 0.425 e. The largest absolute Gasteiger partial charge is 0.459 e. The van der Waals surface area contributed by atoms with Gasteiger partial charge in [-0.1, -0.05) is 40.5 Å². The minimum Gasteiger partial charge on any atom is -0.459 e. The summed E-state index contributed by atoms with van der Waals surface area (Å²) in [5, 5.41) is 1.91. The molecule has 4 rings (SSSR count). The van der Waals surface area contributed by atoms with Crippen LogP contribution in [-0.4, -0.2) is 40.3 Å². The first-order valence-corrected chi connectivity index (χ1v) is 11.3. The van der Waals surface area contributed by atoms with E-state index < -0.39 is 46.3 Å².